The molecule has 0 amide bonds. The fourth-order valence-corrected chi connectivity index (χ4v) is 2.20. The van der Waals surface area contributed by atoms with Crippen LogP contribution < -0.4 is 5.32 Å². The van der Waals surface area contributed by atoms with Crippen LogP contribution in [0.3, 0.4) is 0 Å². The number of rotatable bonds is 5. The van der Waals surface area contributed by atoms with E-state index >= 15 is 0 Å². The van der Waals surface area contributed by atoms with E-state index in [9.17, 15) is 4.79 Å². The summed E-state index contributed by atoms with van der Waals surface area (Å²) in [7, 11) is 0. The number of terminal acetylenes is 1. The minimum absolute atomic E-state index is 0.0362. The van der Waals surface area contributed by atoms with Gasteiger partial charge in [-0.25, -0.2) is 0 Å². The standard InChI is InChI=1S/C13H21NO2/c1-3-5-9-14-12-8-6-7-11(10-12)13(15)16-4-2/h1,11-12,14H,4-10H2,2H3. The Morgan fingerprint density at radius 3 is 3.06 bits per heavy atom. The quantitative estimate of drug-likeness (QED) is 0.438. The summed E-state index contributed by atoms with van der Waals surface area (Å²) in [5, 5.41) is 3.40. The van der Waals surface area contributed by atoms with Crippen molar-refractivity contribution in [2.24, 2.45) is 5.92 Å². The molecule has 1 aliphatic carbocycles. The summed E-state index contributed by atoms with van der Waals surface area (Å²) in [4.78, 5) is 11.6. The molecule has 16 heavy (non-hydrogen) atoms. The van der Waals surface area contributed by atoms with Crippen molar-refractivity contribution in [1.82, 2.24) is 5.32 Å². The number of carbonyl (C=O) groups is 1. The molecule has 2 atom stereocenters. The zero-order valence-electron chi connectivity index (χ0n) is 10.00. The van der Waals surface area contributed by atoms with E-state index in [0.717, 1.165) is 38.6 Å². The number of esters is 1. The third-order valence-electron chi connectivity index (χ3n) is 3.00. The summed E-state index contributed by atoms with van der Waals surface area (Å²) >= 11 is 0. The van der Waals surface area contributed by atoms with Crippen molar-refractivity contribution in [3.8, 4) is 12.3 Å². The van der Waals surface area contributed by atoms with E-state index in [4.69, 9.17) is 11.2 Å². The van der Waals surface area contributed by atoms with Crippen LogP contribution in [0, 0.1) is 18.3 Å². The Kier molecular flexibility index (Phi) is 5.95. The zero-order chi connectivity index (χ0) is 11.8. The second kappa shape index (κ2) is 7.29. The molecule has 1 aliphatic rings. The van der Waals surface area contributed by atoms with Crippen LogP contribution >= 0.6 is 0 Å². The maximum atomic E-state index is 11.6. The van der Waals surface area contributed by atoms with Crippen LogP contribution in [0.2, 0.25) is 0 Å². The summed E-state index contributed by atoms with van der Waals surface area (Å²) in [5.41, 5.74) is 0. The number of ether oxygens (including phenoxy) is 1. The van der Waals surface area contributed by atoms with Crippen LogP contribution in [0.25, 0.3) is 0 Å². The van der Waals surface area contributed by atoms with Crippen LogP contribution in [-0.4, -0.2) is 25.2 Å². The molecule has 0 radical (unpaired) electrons. The summed E-state index contributed by atoms with van der Waals surface area (Å²) in [5.74, 6) is 2.65. The maximum Gasteiger partial charge on any atom is 0.308 e. The highest BCUT2D eigenvalue weighted by molar-refractivity contribution is 5.72. The van der Waals surface area contributed by atoms with Gasteiger partial charge < -0.3 is 10.1 Å². The topological polar surface area (TPSA) is 38.3 Å². The molecule has 1 saturated carbocycles. The summed E-state index contributed by atoms with van der Waals surface area (Å²) < 4.78 is 5.06. The summed E-state index contributed by atoms with van der Waals surface area (Å²) in [6.07, 6.45) is 10.0. The molecule has 0 bridgehead atoms. The van der Waals surface area contributed by atoms with Crippen LogP contribution in [0.4, 0.5) is 0 Å². The van der Waals surface area contributed by atoms with Crippen molar-refractivity contribution in [1.29, 1.82) is 0 Å². The Morgan fingerprint density at radius 1 is 1.56 bits per heavy atom. The lowest BCUT2D eigenvalue weighted by atomic mass is 9.85. The van der Waals surface area contributed by atoms with Crippen LogP contribution in [-0.2, 0) is 9.53 Å². The molecule has 2 unspecified atom stereocenters. The number of carbonyl (C=O) groups excluding carboxylic acids is 1. The highest BCUT2D eigenvalue weighted by Gasteiger charge is 2.27. The van der Waals surface area contributed by atoms with E-state index in [0.29, 0.717) is 12.6 Å². The van der Waals surface area contributed by atoms with Gasteiger partial charge in [0.15, 0.2) is 0 Å². The second-order valence-corrected chi connectivity index (χ2v) is 4.22. The lowest BCUT2D eigenvalue weighted by Gasteiger charge is -2.28. The van der Waals surface area contributed by atoms with Gasteiger partial charge in [-0.15, -0.1) is 12.3 Å². The van der Waals surface area contributed by atoms with Gasteiger partial charge in [-0.05, 0) is 26.2 Å². The maximum absolute atomic E-state index is 11.6. The minimum atomic E-state index is -0.0362. The van der Waals surface area contributed by atoms with Gasteiger partial charge in [0.1, 0.15) is 0 Å². The van der Waals surface area contributed by atoms with Crippen molar-refractivity contribution in [2.75, 3.05) is 13.2 Å². The van der Waals surface area contributed by atoms with E-state index in [1.165, 1.54) is 0 Å². The van der Waals surface area contributed by atoms with Gasteiger partial charge in [0, 0.05) is 19.0 Å². The Bertz CT molecular complexity index is 257. The monoisotopic (exact) mass is 223 g/mol. The first-order valence-corrected chi connectivity index (χ1v) is 6.11. The zero-order valence-corrected chi connectivity index (χ0v) is 10.00. The van der Waals surface area contributed by atoms with E-state index in [1.54, 1.807) is 0 Å². The Morgan fingerprint density at radius 2 is 2.38 bits per heavy atom. The third kappa shape index (κ3) is 4.24. The molecule has 3 nitrogen and oxygen atoms in total. The van der Waals surface area contributed by atoms with E-state index < -0.39 is 0 Å². The molecular weight excluding hydrogens is 202 g/mol. The smallest absolute Gasteiger partial charge is 0.308 e. The first-order chi connectivity index (χ1) is 7.77. The molecule has 0 aromatic rings. The molecule has 0 spiro atoms. The lowest BCUT2D eigenvalue weighted by Crippen LogP contribution is -2.37. The molecule has 90 valence electrons. The minimum Gasteiger partial charge on any atom is -0.466 e. The summed E-state index contributed by atoms with van der Waals surface area (Å²) in [6.45, 7) is 3.17. The molecule has 0 saturated heterocycles. The van der Waals surface area contributed by atoms with Gasteiger partial charge in [0.25, 0.3) is 0 Å². The van der Waals surface area contributed by atoms with Crippen molar-refractivity contribution in [2.45, 2.75) is 45.1 Å². The van der Waals surface area contributed by atoms with Crippen LogP contribution in [0.1, 0.15) is 39.0 Å². The van der Waals surface area contributed by atoms with E-state index in [-0.39, 0.29) is 11.9 Å². The van der Waals surface area contributed by atoms with E-state index in [2.05, 4.69) is 11.2 Å². The van der Waals surface area contributed by atoms with Gasteiger partial charge in [0.05, 0.1) is 12.5 Å². The molecule has 3 heteroatoms. The SMILES string of the molecule is C#CCCNC1CCCC(C(=O)OCC)C1. The lowest BCUT2D eigenvalue weighted by molar-refractivity contribution is -0.149. The first kappa shape index (κ1) is 13.1. The van der Waals surface area contributed by atoms with Crippen LogP contribution in [0.5, 0.6) is 0 Å². The van der Waals surface area contributed by atoms with Crippen molar-refractivity contribution >= 4 is 5.97 Å². The number of hydrogen-bond donors (Lipinski definition) is 1. The average Bonchev–Trinajstić information content (AvgIpc) is 2.30. The Balaban J connectivity index is 2.29. The molecule has 0 aliphatic heterocycles. The largest absolute Gasteiger partial charge is 0.466 e. The predicted molar refractivity (Wildman–Crippen MR) is 63.8 cm³/mol. The molecular formula is C13H21NO2. The highest BCUT2D eigenvalue weighted by Crippen LogP contribution is 2.25. The predicted octanol–water partition coefficient (Wildman–Crippen LogP) is 1.72. The molecule has 0 aromatic carbocycles. The van der Waals surface area contributed by atoms with E-state index in [1.807, 2.05) is 6.92 Å². The van der Waals surface area contributed by atoms with Crippen molar-refractivity contribution in [3.05, 3.63) is 0 Å². The van der Waals surface area contributed by atoms with Gasteiger partial charge in [-0.1, -0.05) is 6.42 Å². The van der Waals surface area contributed by atoms with Crippen molar-refractivity contribution in [3.63, 3.8) is 0 Å². The van der Waals surface area contributed by atoms with Gasteiger partial charge in [-0.3, -0.25) is 4.79 Å². The van der Waals surface area contributed by atoms with Crippen LogP contribution in [0.15, 0.2) is 0 Å². The summed E-state index contributed by atoms with van der Waals surface area (Å²) in [6, 6.07) is 0.427. The Labute approximate surface area is 97.9 Å². The first-order valence-electron chi connectivity index (χ1n) is 6.11. The van der Waals surface area contributed by atoms with Gasteiger partial charge in [0.2, 0.25) is 0 Å². The molecule has 1 rings (SSSR count). The molecule has 0 heterocycles. The normalized spacial score (nSPS) is 24.8. The number of nitrogens with one attached hydrogen (secondary N) is 1. The fraction of sp³-hybridized carbons (Fsp3) is 0.769. The highest BCUT2D eigenvalue weighted by atomic mass is 16.5. The third-order valence-corrected chi connectivity index (χ3v) is 3.00. The molecule has 0 aromatic heterocycles. The average molecular weight is 223 g/mol. The van der Waals surface area contributed by atoms with Crippen molar-refractivity contribution < 1.29 is 9.53 Å². The Hall–Kier alpha value is -1.01. The second-order valence-electron chi connectivity index (χ2n) is 4.22. The molecule has 1 N–H and O–H groups in total. The number of hydrogen-bond acceptors (Lipinski definition) is 3. The van der Waals surface area contributed by atoms with Gasteiger partial charge in [-0.2, -0.15) is 0 Å². The molecule has 1 fully saturated rings. The van der Waals surface area contributed by atoms with Gasteiger partial charge >= 0.3 is 5.97 Å². The fourth-order valence-electron chi connectivity index (χ4n) is 2.20.